The lowest BCUT2D eigenvalue weighted by atomic mass is 9.98. The second-order valence-electron chi connectivity index (χ2n) is 3.95. The largest absolute Gasteiger partial charge is 0.310 e. The van der Waals surface area contributed by atoms with Gasteiger partial charge in [-0.15, -0.1) is 0 Å². The molecule has 0 saturated carbocycles. The summed E-state index contributed by atoms with van der Waals surface area (Å²) in [4.78, 5) is 0. The van der Waals surface area contributed by atoms with Crippen LogP contribution in [-0.2, 0) is 0 Å². The highest BCUT2D eigenvalue weighted by atomic mass is 35.5. The van der Waals surface area contributed by atoms with Gasteiger partial charge >= 0.3 is 0 Å². The Labute approximate surface area is 96.1 Å². The SMILES string of the molecule is CNC(C1=CCCC1)c1cccc(Cl)c1. The molecule has 1 aliphatic carbocycles. The Morgan fingerprint density at radius 2 is 2.27 bits per heavy atom. The fraction of sp³-hybridized carbons (Fsp3) is 0.385. The van der Waals surface area contributed by atoms with Crippen molar-refractivity contribution < 1.29 is 0 Å². The van der Waals surface area contributed by atoms with Gasteiger partial charge in [-0.05, 0) is 44.0 Å². The summed E-state index contributed by atoms with van der Waals surface area (Å²) in [5, 5.41) is 4.17. The smallest absolute Gasteiger partial charge is 0.0534 e. The highest BCUT2D eigenvalue weighted by molar-refractivity contribution is 6.30. The summed E-state index contributed by atoms with van der Waals surface area (Å²) >= 11 is 6.01. The lowest BCUT2D eigenvalue weighted by molar-refractivity contribution is 0.656. The van der Waals surface area contributed by atoms with Gasteiger partial charge in [0.2, 0.25) is 0 Å². The molecule has 80 valence electrons. The third kappa shape index (κ3) is 2.42. The summed E-state index contributed by atoms with van der Waals surface area (Å²) < 4.78 is 0. The lowest BCUT2D eigenvalue weighted by Gasteiger charge is -2.18. The van der Waals surface area contributed by atoms with Crippen LogP contribution in [0.2, 0.25) is 5.02 Å². The highest BCUT2D eigenvalue weighted by Gasteiger charge is 2.17. The van der Waals surface area contributed by atoms with E-state index in [2.05, 4.69) is 17.5 Å². The maximum Gasteiger partial charge on any atom is 0.0534 e. The molecule has 0 radical (unpaired) electrons. The van der Waals surface area contributed by atoms with Gasteiger partial charge in [0.1, 0.15) is 0 Å². The van der Waals surface area contributed by atoms with Gasteiger partial charge in [-0.3, -0.25) is 0 Å². The van der Waals surface area contributed by atoms with Gasteiger partial charge in [0.25, 0.3) is 0 Å². The number of rotatable bonds is 3. The second-order valence-corrected chi connectivity index (χ2v) is 4.38. The molecule has 0 spiro atoms. The molecule has 0 amide bonds. The molecule has 1 nitrogen and oxygen atoms in total. The number of hydrogen-bond acceptors (Lipinski definition) is 1. The molecule has 1 N–H and O–H groups in total. The molecule has 0 heterocycles. The lowest BCUT2D eigenvalue weighted by Crippen LogP contribution is -2.17. The molecule has 2 rings (SSSR count). The van der Waals surface area contributed by atoms with Crippen molar-refractivity contribution in [1.29, 1.82) is 0 Å². The van der Waals surface area contributed by atoms with Crippen molar-refractivity contribution in [1.82, 2.24) is 5.32 Å². The summed E-state index contributed by atoms with van der Waals surface area (Å²) in [5.41, 5.74) is 2.76. The number of nitrogens with one attached hydrogen (secondary N) is 1. The van der Waals surface area contributed by atoms with Crippen molar-refractivity contribution in [3.8, 4) is 0 Å². The van der Waals surface area contributed by atoms with E-state index in [1.807, 2.05) is 25.2 Å². The minimum Gasteiger partial charge on any atom is -0.310 e. The average molecular weight is 222 g/mol. The molecule has 1 aromatic carbocycles. The Bertz CT molecular complexity index is 371. The zero-order valence-corrected chi connectivity index (χ0v) is 9.72. The maximum atomic E-state index is 6.01. The van der Waals surface area contributed by atoms with E-state index < -0.39 is 0 Å². The van der Waals surface area contributed by atoms with Crippen LogP contribution in [0.25, 0.3) is 0 Å². The van der Waals surface area contributed by atoms with Crippen LogP contribution in [0.15, 0.2) is 35.9 Å². The number of benzene rings is 1. The predicted octanol–water partition coefficient (Wildman–Crippen LogP) is 3.71. The molecule has 0 aliphatic heterocycles. The molecule has 0 saturated heterocycles. The first-order valence-corrected chi connectivity index (χ1v) is 5.80. The van der Waals surface area contributed by atoms with Crippen LogP contribution < -0.4 is 5.32 Å². The maximum absolute atomic E-state index is 6.01. The highest BCUT2D eigenvalue weighted by Crippen LogP contribution is 2.31. The molecule has 1 aromatic rings. The molecule has 1 atom stereocenters. The van der Waals surface area contributed by atoms with Crippen molar-refractivity contribution >= 4 is 11.6 Å². The topological polar surface area (TPSA) is 12.0 Å². The van der Waals surface area contributed by atoms with Gasteiger partial charge in [-0.1, -0.05) is 35.4 Å². The van der Waals surface area contributed by atoms with Crippen LogP contribution in [0.3, 0.4) is 0 Å². The van der Waals surface area contributed by atoms with E-state index in [-0.39, 0.29) is 0 Å². The van der Waals surface area contributed by atoms with Crippen LogP contribution in [0, 0.1) is 0 Å². The van der Waals surface area contributed by atoms with E-state index >= 15 is 0 Å². The molecule has 0 fully saturated rings. The minimum atomic E-state index is 0.339. The zero-order chi connectivity index (χ0) is 10.7. The Morgan fingerprint density at radius 3 is 2.87 bits per heavy atom. The van der Waals surface area contributed by atoms with Crippen LogP contribution in [0.1, 0.15) is 30.9 Å². The first-order chi connectivity index (χ1) is 7.31. The number of likely N-dealkylation sites (N-methyl/N-ethyl adjacent to an activating group) is 1. The van der Waals surface area contributed by atoms with Gasteiger partial charge in [-0.2, -0.15) is 0 Å². The Morgan fingerprint density at radius 1 is 1.40 bits per heavy atom. The molecule has 0 aromatic heterocycles. The Kier molecular flexibility index (Phi) is 3.45. The van der Waals surface area contributed by atoms with Gasteiger partial charge in [0, 0.05) is 5.02 Å². The van der Waals surface area contributed by atoms with Crippen molar-refractivity contribution in [2.45, 2.75) is 25.3 Å². The Hall–Kier alpha value is -0.790. The van der Waals surface area contributed by atoms with E-state index in [9.17, 15) is 0 Å². The molecule has 1 aliphatic rings. The summed E-state index contributed by atoms with van der Waals surface area (Å²) in [5.74, 6) is 0. The number of halogens is 1. The van der Waals surface area contributed by atoms with Crippen molar-refractivity contribution in [2.75, 3.05) is 7.05 Å². The normalized spacial score (nSPS) is 17.6. The van der Waals surface area contributed by atoms with E-state index in [4.69, 9.17) is 11.6 Å². The first kappa shape index (κ1) is 10.7. The fourth-order valence-electron chi connectivity index (χ4n) is 2.21. The van der Waals surface area contributed by atoms with E-state index in [0.717, 1.165) is 5.02 Å². The molecule has 2 heteroatoms. The van der Waals surface area contributed by atoms with Crippen molar-refractivity contribution in [2.24, 2.45) is 0 Å². The van der Waals surface area contributed by atoms with Crippen molar-refractivity contribution in [3.63, 3.8) is 0 Å². The summed E-state index contributed by atoms with van der Waals surface area (Å²) in [6.07, 6.45) is 6.06. The quantitative estimate of drug-likeness (QED) is 0.768. The van der Waals surface area contributed by atoms with Gasteiger partial charge in [0.15, 0.2) is 0 Å². The van der Waals surface area contributed by atoms with Crippen LogP contribution in [-0.4, -0.2) is 7.05 Å². The average Bonchev–Trinajstić information content (AvgIpc) is 2.72. The number of hydrogen-bond donors (Lipinski definition) is 1. The molecule has 15 heavy (non-hydrogen) atoms. The van der Waals surface area contributed by atoms with Crippen molar-refractivity contribution in [3.05, 3.63) is 46.5 Å². The van der Waals surface area contributed by atoms with Gasteiger partial charge in [0.05, 0.1) is 6.04 Å². The van der Waals surface area contributed by atoms with Gasteiger partial charge < -0.3 is 5.32 Å². The van der Waals surface area contributed by atoms with Crippen LogP contribution >= 0.6 is 11.6 Å². The molecular formula is C13H16ClN. The molecule has 1 unspecified atom stereocenters. The zero-order valence-electron chi connectivity index (χ0n) is 8.96. The minimum absolute atomic E-state index is 0.339. The first-order valence-electron chi connectivity index (χ1n) is 5.43. The summed E-state index contributed by atoms with van der Waals surface area (Å²) in [6, 6.07) is 8.44. The fourth-order valence-corrected chi connectivity index (χ4v) is 2.41. The number of allylic oxidation sites excluding steroid dienone is 1. The van der Waals surface area contributed by atoms with Gasteiger partial charge in [-0.25, -0.2) is 0 Å². The van der Waals surface area contributed by atoms with E-state index in [1.54, 1.807) is 0 Å². The van der Waals surface area contributed by atoms with Crippen LogP contribution in [0.4, 0.5) is 0 Å². The van der Waals surface area contributed by atoms with E-state index in [0.29, 0.717) is 6.04 Å². The second kappa shape index (κ2) is 4.82. The third-order valence-electron chi connectivity index (χ3n) is 2.92. The molecular weight excluding hydrogens is 206 g/mol. The monoisotopic (exact) mass is 221 g/mol. The third-order valence-corrected chi connectivity index (χ3v) is 3.15. The summed E-state index contributed by atoms with van der Waals surface area (Å²) in [6.45, 7) is 0. The van der Waals surface area contributed by atoms with Crippen LogP contribution in [0.5, 0.6) is 0 Å². The molecule has 0 bridgehead atoms. The summed E-state index contributed by atoms with van der Waals surface area (Å²) in [7, 11) is 2.00. The Balaban J connectivity index is 2.26. The standard InChI is InChI=1S/C13H16ClN/c1-15-13(10-5-2-3-6-10)11-7-4-8-12(14)9-11/h4-5,7-9,13,15H,2-3,6H2,1H3. The predicted molar refractivity (Wildman–Crippen MR) is 65.2 cm³/mol. The van der Waals surface area contributed by atoms with E-state index in [1.165, 1.54) is 30.4 Å².